The first-order valence-corrected chi connectivity index (χ1v) is 7.78. The zero-order chi connectivity index (χ0) is 16.4. The van der Waals surface area contributed by atoms with Gasteiger partial charge in [-0.25, -0.2) is 15.0 Å². The molecule has 4 atom stereocenters. The number of nitrogens with two attached hydrogens (primary N) is 1. The van der Waals surface area contributed by atoms with Crippen LogP contribution in [0.3, 0.4) is 0 Å². The monoisotopic (exact) mass is 322 g/mol. The number of nitrogens with one attached hydrogen (secondary N) is 1. The van der Waals surface area contributed by atoms with Crippen LogP contribution in [0.15, 0.2) is 12.7 Å². The number of imidazole rings is 1. The highest BCUT2D eigenvalue weighted by Crippen LogP contribution is 2.31. The molecule has 1 fully saturated rings. The molecule has 0 spiro atoms. The summed E-state index contributed by atoms with van der Waals surface area (Å²) in [6.45, 7) is 2.59. The van der Waals surface area contributed by atoms with Crippen molar-refractivity contribution < 1.29 is 14.9 Å². The van der Waals surface area contributed by atoms with Gasteiger partial charge >= 0.3 is 0 Å². The third kappa shape index (κ3) is 2.88. The summed E-state index contributed by atoms with van der Waals surface area (Å²) in [7, 11) is 0. The van der Waals surface area contributed by atoms with Gasteiger partial charge in [-0.1, -0.05) is 13.3 Å². The number of nitrogens with zero attached hydrogens (tertiary/aromatic N) is 4. The number of rotatable bonds is 6. The van der Waals surface area contributed by atoms with E-state index in [1.165, 1.54) is 6.33 Å². The Morgan fingerprint density at radius 3 is 2.96 bits per heavy atom. The number of fused-ring (bicyclic) bond motifs is 1. The molecule has 0 saturated carbocycles. The number of anilines is 1. The van der Waals surface area contributed by atoms with Gasteiger partial charge in [0, 0.05) is 0 Å². The Morgan fingerprint density at radius 2 is 2.22 bits per heavy atom. The van der Waals surface area contributed by atoms with E-state index in [2.05, 4.69) is 27.2 Å². The molecule has 0 aromatic carbocycles. The second kappa shape index (κ2) is 6.75. The Balaban J connectivity index is 1.92. The first-order valence-electron chi connectivity index (χ1n) is 7.78. The van der Waals surface area contributed by atoms with Gasteiger partial charge in [-0.15, -0.1) is 0 Å². The maximum absolute atomic E-state index is 10.4. The molecular formula is C14H22N6O3. The van der Waals surface area contributed by atoms with E-state index < -0.39 is 18.4 Å². The molecule has 3 heterocycles. The number of unbranched alkanes of at least 4 members (excludes halogenated alkanes) is 1. The minimum absolute atomic E-state index is 0.257. The molecule has 2 aromatic rings. The largest absolute Gasteiger partial charge is 0.394 e. The number of aliphatic hydroxyl groups excluding tert-OH is 2. The third-order valence-corrected chi connectivity index (χ3v) is 4.12. The summed E-state index contributed by atoms with van der Waals surface area (Å²) in [6.07, 6.45) is 2.96. The van der Waals surface area contributed by atoms with Crippen molar-refractivity contribution in [1.29, 1.82) is 0 Å². The third-order valence-electron chi connectivity index (χ3n) is 4.12. The van der Waals surface area contributed by atoms with Crippen LogP contribution in [0.25, 0.3) is 11.2 Å². The Morgan fingerprint density at radius 1 is 1.39 bits per heavy atom. The van der Waals surface area contributed by atoms with Crippen LogP contribution in [-0.4, -0.2) is 61.1 Å². The van der Waals surface area contributed by atoms with Crippen molar-refractivity contribution >= 4 is 17.0 Å². The summed E-state index contributed by atoms with van der Waals surface area (Å²) in [5, 5.41) is 23.1. The lowest BCUT2D eigenvalue weighted by atomic mass is 10.1. The van der Waals surface area contributed by atoms with Gasteiger partial charge in [0.1, 0.15) is 24.1 Å². The van der Waals surface area contributed by atoms with Gasteiger partial charge in [-0.2, -0.15) is 0 Å². The SMILES string of the molecule is CCCCN[C@@H]1[C@@H](O)[C@@H](CO)O[C@H]1n1cnc2c(N)ncnc21. The first-order chi connectivity index (χ1) is 11.2. The lowest BCUT2D eigenvalue weighted by Gasteiger charge is -2.22. The van der Waals surface area contributed by atoms with Crippen molar-refractivity contribution in [3.63, 3.8) is 0 Å². The molecule has 1 saturated heterocycles. The zero-order valence-electron chi connectivity index (χ0n) is 13.0. The van der Waals surface area contributed by atoms with Crippen LogP contribution in [0, 0.1) is 0 Å². The molecular weight excluding hydrogens is 300 g/mol. The number of hydrogen-bond acceptors (Lipinski definition) is 8. The molecule has 0 bridgehead atoms. The lowest BCUT2D eigenvalue weighted by molar-refractivity contribution is -0.0441. The number of ether oxygens (including phenoxy) is 1. The summed E-state index contributed by atoms with van der Waals surface area (Å²) in [5.41, 5.74) is 6.84. The number of aliphatic hydroxyl groups is 2. The van der Waals surface area contributed by atoms with Gasteiger partial charge < -0.3 is 26.0 Å². The van der Waals surface area contributed by atoms with Crippen molar-refractivity contribution in [2.75, 3.05) is 18.9 Å². The fourth-order valence-electron chi connectivity index (χ4n) is 2.86. The van der Waals surface area contributed by atoms with Gasteiger partial charge in [0.25, 0.3) is 0 Å². The fraction of sp³-hybridized carbons (Fsp3) is 0.643. The zero-order valence-corrected chi connectivity index (χ0v) is 13.0. The Hall–Kier alpha value is -1.81. The summed E-state index contributed by atoms with van der Waals surface area (Å²) < 4.78 is 7.54. The van der Waals surface area contributed by atoms with Crippen LogP contribution >= 0.6 is 0 Å². The summed E-state index contributed by atoms with van der Waals surface area (Å²) in [5.74, 6) is 0.293. The molecule has 3 rings (SSSR count). The predicted octanol–water partition coefficient (Wildman–Crippen LogP) is -0.583. The van der Waals surface area contributed by atoms with E-state index in [4.69, 9.17) is 10.5 Å². The standard InChI is InChI=1S/C14H22N6O3/c1-2-3-4-16-9-11(22)8(5-21)23-14(9)20-7-19-10-12(15)17-6-18-13(10)20/h6-9,11,14,16,21-22H,2-5H2,1H3,(H2,15,17,18)/t8-,9-,11+,14-/m1/s1. The van der Waals surface area contributed by atoms with Gasteiger partial charge in [0.15, 0.2) is 17.7 Å². The van der Waals surface area contributed by atoms with Crippen LogP contribution in [0.2, 0.25) is 0 Å². The summed E-state index contributed by atoms with van der Waals surface area (Å²) in [6, 6.07) is -0.368. The Labute approximate surface area is 133 Å². The van der Waals surface area contributed by atoms with Crippen molar-refractivity contribution in [2.24, 2.45) is 0 Å². The van der Waals surface area contributed by atoms with Crippen molar-refractivity contribution in [1.82, 2.24) is 24.8 Å². The van der Waals surface area contributed by atoms with Crippen LogP contribution < -0.4 is 11.1 Å². The topological polar surface area (TPSA) is 131 Å². The Kier molecular flexibility index (Phi) is 4.71. The van der Waals surface area contributed by atoms with E-state index in [9.17, 15) is 10.2 Å². The van der Waals surface area contributed by atoms with E-state index in [-0.39, 0.29) is 12.6 Å². The second-order valence-electron chi connectivity index (χ2n) is 5.65. The summed E-state index contributed by atoms with van der Waals surface area (Å²) in [4.78, 5) is 12.4. The smallest absolute Gasteiger partial charge is 0.167 e. The molecule has 5 N–H and O–H groups in total. The average Bonchev–Trinajstić information content (AvgIpc) is 3.10. The van der Waals surface area contributed by atoms with E-state index in [0.717, 1.165) is 19.4 Å². The minimum atomic E-state index is -0.821. The Bertz CT molecular complexity index is 663. The molecule has 9 nitrogen and oxygen atoms in total. The molecule has 0 aliphatic carbocycles. The second-order valence-corrected chi connectivity index (χ2v) is 5.65. The maximum atomic E-state index is 10.4. The molecule has 23 heavy (non-hydrogen) atoms. The van der Waals surface area contributed by atoms with Gasteiger partial charge in [-0.3, -0.25) is 4.57 Å². The van der Waals surface area contributed by atoms with Crippen LogP contribution in [0.4, 0.5) is 5.82 Å². The highest BCUT2D eigenvalue weighted by Gasteiger charge is 2.44. The molecule has 126 valence electrons. The van der Waals surface area contributed by atoms with E-state index in [0.29, 0.717) is 17.0 Å². The predicted molar refractivity (Wildman–Crippen MR) is 83.4 cm³/mol. The van der Waals surface area contributed by atoms with Crippen LogP contribution in [0.5, 0.6) is 0 Å². The highest BCUT2D eigenvalue weighted by molar-refractivity contribution is 5.81. The van der Waals surface area contributed by atoms with Crippen molar-refractivity contribution in [2.45, 2.75) is 44.2 Å². The van der Waals surface area contributed by atoms with E-state index in [1.54, 1.807) is 10.9 Å². The quantitative estimate of drug-likeness (QED) is 0.519. The maximum Gasteiger partial charge on any atom is 0.167 e. The van der Waals surface area contributed by atoms with Crippen LogP contribution in [-0.2, 0) is 4.74 Å². The lowest BCUT2D eigenvalue weighted by Crippen LogP contribution is -2.44. The highest BCUT2D eigenvalue weighted by atomic mass is 16.5. The average molecular weight is 322 g/mol. The van der Waals surface area contributed by atoms with Gasteiger partial charge in [0.2, 0.25) is 0 Å². The normalized spacial score (nSPS) is 27.8. The molecule has 2 aromatic heterocycles. The van der Waals surface area contributed by atoms with E-state index >= 15 is 0 Å². The molecule has 0 unspecified atom stereocenters. The summed E-state index contributed by atoms with van der Waals surface area (Å²) >= 11 is 0. The van der Waals surface area contributed by atoms with Crippen molar-refractivity contribution in [3.8, 4) is 0 Å². The molecule has 9 heteroatoms. The number of nitrogen functional groups attached to an aromatic ring is 1. The fourth-order valence-corrected chi connectivity index (χ4v) is 2.86. The number of aromatic nitrogens is 4. The first kappa shape index (κ1) is 16.1. The van der Waals surface area contributed by atoms with Gasteiger partial charge in [-0.05, 0) is 13.0 Å². The van der Waals surface area contributed by atoms with Crippen LogP contribution in [0.1, 0.15) is 26.0 Å². The molecule has 0 radical (unpaired) electrons. The minimum Gasteiger partial charge on any atom is -0.394 e. The van der Waals surface area contributed by atoms with Crippen molar-refractivity contribution in [3.05, 3.63) is 12.7 Å². The molecule has 0 amide bonds. The van der Waals surface area contributed by atoms with E-state index in [1.807, 2.05) is 0 Å². The molecule has 1 aliphatic rings. The molecule has 1 aliphatic heterocycles. The number of hydrogen-bond donors (Lipinski definition) is 4. The van der Waals surface area contributed by atoms with Gasteiger partial charge in [0.05, 0.1) is 19.0 Å².